The zero-order chi connectivity index (χ0) is 28.4. The number of piperidine rings is 1. The molecule has 1 amide bonds. The van der Waals surface area contributed by atoms with Gasteiger partial charge in [-0.15, -0.1) is 0 Å². The van der Waals surface area contributed by atoms with Gasteiger partial charge in [0.2, 0.25) is 15.9 Å². The van der Waals surface area contributed by atoms with Crippen LogP contribution >= 0.6 is 0 Å². The number of amides is 1. The van der Waals surface area contributed by atoms with Gasteiger partial charge >= 0.3 is 5.97 Å². The lowest BCUT2D eigenvalue weighted by Crippen LogP contribution is -2.63. The summed E-state index contributed by atoms with van der Waals surface area (Å²) < 4.78 is 29.0. The van der Waals surface area contributed by atoms with Crippen LogP contribution in [0.25, 0.3) is 10.8 Å². The van der Waals surface area contributed by atoms with E-state index in [0.29, 0.717) is 31.3 Å². The number of sulfonamides is 1. The Morgan fingerprint density at radius 1 is 1.13 bits per heavy atom. The van der Waals surface area contributed by atoms with Crippen LogP contribution in [-0.4, -0.2) is 73.3 Å². The largest absolute Gasteiger partial charge is 0.480 e. The van der Waals surface area contributed by atoms with Crippen molar-refractivity contribution in [2.75, 3.05) is 19.6 Å². The fraction of sp³-hybridized carbons (Fsp3) is 0.462. The first-order chi connectivity index (χ1) is 18.4. The van der Waals surface area contributed by atoms with Crippen LogP contribution in [0.5, 0.6) is 0 Å². The number of carbonyl (C=O) groups is 3. The van der Waals surface area contributed by atoms with E-state index in [2.05, 4.69) is 10.0 Å². The molecule has 4 rings (SSSR count). The molecule has 1 aliphatic carbocycles. The number of hydrogen-bond donors (Lipinski definition) is 6. The Morgan fingerprint density at radius 2 is 1.82 bits per heavy atom. The van der Waals surface area contributed by atoms with E-state index in [9.17, 15) is 27.9 Å². The molecule has 12 nitrogen and oxygen atoms in total. The summed E-state index contributed by atoms with van der Waals surface area (Å²) in [6.07, 6.45) is 1.81. The SMILES string of the molecule is N=C(N)N1CCCC(CNC(=O)C[C@H](NS(=O)(=O)c2ccc3ccccc3c2)C(=O)C(N)(C(=O)O)C2CC2)C1. The van der Waals surface area contributed by atoms with E-state index >= 15 is 0 Å². The predicted molar refractivity (Wildman–Crippen MR) is 144 cm³/mol. The van der Waals surface area contributed by atoms with Crippen molar-refractivity contribution in [3.63, 3.8) is 0 Å². The normalized spacial score (nSPS) is 20.1. The number of Topliss-reactive ketones (excluding diaryl/α,β-unsaturated/α-hetero) is 1. The maximum atomic E-state index is 13.5. The van der Waals surface area contributed by atoms with Gasteiger partial charge in [-0.3, -0.25) is 15.0 Å². The molecule has 2 fully saturated rings. The Labute approximate surface area is 226 Å². The van der Waals surface area contributed by atoms with Crippen molar-refractivity contribution in [1.82, 2.24) is 14.9 Å². The van der Waals surface area contributed by atoms with Gasteiger partial charge in [0.15, 0.2) is 17.3 Å². The molecular formula is C26H34N6O6S. The van der Waals surface area contributed by atoms with Gasteiger partial charge in [0.05, 0.1) is 17.4 Å². The molecule has 0 bridgehead atoms. The minimum atomic E-state index is -4.33. The molecule has 0 radical (unpaired) electrons. The second-order valence-corrected chi connectivity index (χ2v) is 12.1. The summed E-state index contributed by atoms with van der Waals surface area (Å²) in [6, 6.07) is 9.89. The van der Waals surface area contributed by atoms with Crippen molar-refractivity contribution in [2.24, 2.45) is 23.3 Å². The van der Waals surface area contributed by atoms with Crippen LogP contribution in [0, 0.1) is 17.2 Å². The van der Waals surface area contributed by atoms with E-state index in [1.807, 2.05) is 12.1 Å². The highest BCUT2D eigenvalue weighted by Crippen LogP contribution is 2.40. The van der Waals surface area contributed by atoms with Gasteiger partial charge in [0, 0.05) is 19.6 Å². The lowest BCUT2D eigenvalue weighted by molar-refractivity contribution is -0.150. The topological polar surface area (TPSA) is 209 Å². The number of aliphatic carboxylic acids is 1. The number of ketones is 1. The van der Waals surface area contributed by atoms with E-state index in [1.165, 1.54) is 12.1 Å². The van der Waals surface area contributed by atoms with Gasteiger partial charge in [-0.1, -0.05) is 30.3 Å². The minimum absolute atomic E-state index is 0.00845. The maximum Gasteiger partial charge on any atom is 0.331 e. The molecular weight excluding hydrogens is 524 g/mol. The number of nitrogens with zero attached hydrogens (tertiary/aromatic N) is 1. The third kappa shape index (κ3) is 6.37. The van der Waals surface area contributed by atoms with E-state index in [-0.39, 0.29) is 23.3 Å². The van der Waals surface area contributed by atoms with Crippen LogP contribution in [-0.2, 0) is 24.4 Å². The number of carboxylic acids is 1. The van der Waals surface area contributed by atoms with Crippen molar-refractivity contribution >= 4 is 44.4 Å². The fourth-order valence-electron chi connectivity index (χ4n) is 5.05. The van der Waals surface area contributed by atoms with E-state index in [0.717, 1.165) is 18.2 Å². The smallest absolute Gasteiger partial charge is 0.331 e. The number of carbonyl (C=O) groups excluding carboxylic acids is 2. The molecule has 0 aromatic heterocycles. The summed E-state index contributed by atoms with van der Waals surface area (Å²) in [5.74, 6) is -3.92. The lowest BCUT2D eigenvalue weighted by atomic mass is 9.84. The highest BCUT2D eigenvalue weighted by Gasteiger charge is 2.56. The number of hydrogen-bond acceptors (Lipinski definition) is 7. The number of nitrogens with one attached hydrogen (secondary N) is 3. The van der Waals surface area contributed by atoms with Crippen LogP contribution in [0.1, 0.15) is 32.1 Å². The van der Waals surface area contributed by atoms with Crippen LogP contribution in [0.4, 0.5) is 0 Å². The summed E-state index contributed by atoms with van der Waals surface area (Å²) in [6.45, 7) is 1.37. The van der Waals surface area contributed by atoms with Gasteiger partial charge in [-0.05, 0) is 60.4 Å². The first-order valence-electron chi connectivity index (χ1n) is 12.8. The average molecular weight is 559 g/mol. The van der Waals surface area contributed by atoms with Gasteiger partial charge in [0.25, 0.3) is 0 Å². The molecule has 1 heterocycles. The molecule has 13 heteroatoms. The standard InChI is InChI=1S/C26H34N6O6S/c27-25(28)32-11-3-4-16(15-32)14-30-22(33)13-21(23(34)26(29,24(35)36)19-8-9-19)31-39(37,38)20-10-7-17-5-1-2-6-18(17)12-20/h1-2,5-7,10,12,16,19,21,31H,3-4,8-9,11,13-15,29H2,(H3,27,28)(H,30,33)(H,35,36)/t16?,21-,26?/m0/s1. The van der Waals surface area contributed by atoms with Crippen molar-refractivity contribution in [1.29, 1.82) is 5.41 Å². The molecule has 1 saturated heterocycles. The first-order valence-corrected chi connectivity index (χ1v) is 14.3. The number of guanidine groups is 1. The van der Waals surface area contributed by atoms with Crippen molar-refractivity contribution < 1.29 is 27.9 Å². The molecule has 39 heavy (non-hydrogen) atoms. The Balaban J connectivity index is 1.54. The number of benzene rings is 2. The number of likely N-dealkylation sites (tertiary alicyclic amines) is 1. The Hall–Kier alpha value is -3.55. The molecule has 1 saturated carbocycles. The van der Waals surface area contributed by atoms with Gasteiger partial charge in [-0.2, -0.15) is 0 Å². The monoisotopic (exact) mass is 558 g/mol. The Bertz CT molecular complexity index is 1390. The highest BCUT2D eigenvalue weighted by atomic mass is 32.2. The van der Waals surface area contributed by atoms with Gasteiger partial charge in [-0.25, -0.2) is 17.9 Å². The van der Waals surface area contributed by atoms with Crippen LogP contribution < -0.4 is 21.5 Å². The second kappa shape index (κ2) is 11.3. The Morgan fingerprint density at radius 3 is 2.46 bits per heavy atom. The van der Waals surface area contributed by atoms with Crippen LogP contribution in [0.3, 0.4) is 0 Å². The Kier molecular flexibility index (Phi) is 8.23. The number of nitrogens with two attached hydrogens (primary N) is 2. The summed E-state index contributed by atoms with van der Waals surface area (Å²) in [5, 5.41) is 21.6. The van der Waals surface area contributed by atoms with Gasteiger partial charge in [0.1, 0.15) is 0 Å². The molecule has 3 atom stereocenters. The zero-order valence-electron chi connectivity index (χ0n) is 21.4. The minimum Gasteiger partial charge on any atom is -0.480 e. The van der Waals surface area contributed by atoms with E-state index in [1.54, 1.807) is 23.1 Å². The van der Waals surface area contributed by atoms with E-state index in [4.69, 9.17) is 16.9 Å². The fourth-order valence-corrected chi connectivity index (χ4v) is 6.28. The molecule has 2 aromatic rings. The summed E-state index contributed by atoms with van der Waals surface area (Å²) in [5.41, 5.74) is 9.34. The molecule has 1 aliphatic heterocycles. The number of carboxylic acid groups (broad SMARTS) is 1. The predicted octanol–water partition coefficient (Wildman–Crippen LogP) is 0.360. The number of fused-ring (bicyclic) bond motifs is 1. The lowest BCUT2D eigenvalue weighted by Gasteiger charge is -2.33. The van der Waals surface area contributed by atoms with Crippen molar-refractivity contribution in [3.8, 4) is 0 Å². The molecule has 210 valence electrons. The quantitative estimate of drug-likeness (QED) is 0.128. The van der Waals surface area contributed by atoms with Crippen molar-refractivity contribution in [3.05, 3.63) is 42.5 Å². The average Bonchev–Trinajstić information content (AvgIpc) is 3.76. The van der Waals surface area contributed by atoms with Gasteiger partial charge < -0.3 is 26.8 Å². The molecule has 2 aromatic carbocycles. The van der Waals surface area contributed by atoms with Crippen LogP contribution in [0.15, 0.2) is 47.4 Å². The summed E-state index contributed by atoms with van der Waals surface area (Å²) in [7, 11) is -4.33. The zero-order valence-corrected chi connectivity index (χ0v) is 22.2. The first kappa shape index (κ1) is 28.5. The number of rotatable bonds is 11. The molecule has 0 spiro atoms. The maximum absolute atomic E-state index is 13.5. The summed E-state index contributed by atoms with van der Waals surface area (Å²) in [4.78, 5) is 40.1. The summed E-state index contributed by atoms with van der Waals surface area (Å²) >= 11 is 0. The third-order valence-corrected chi connectivity index (χ3v) is 8.93. The molecule has 2 aliphatic rings. The highest BCUT2D eigenvalue weighted by molar-refractivity contribution is 7.89. The van der Waals surface area contributed by atoms with Crippen LogP contribution in [0.2, 0.25) is 0 Å². The van der Waals surface area contributed by atoms with Crippen molar-refractivity contribution in [2.45, 2.75) is 48.6 Å². The van der Waals surface area contributed by atoms with E-state index < -0.39 is 51.6 Å². The third-order valence-electron chi connectivity index (χ3n) is 7.47. The second-order valence-electron chi connectivity index (χ2n) is 10.3. The molecule has 2 unspecified atom stereocenters. The molecule has 8 N–H and O–H groups in total.